The minimum absolute atomic E-state index is 0.0998. The van der Waals surface area contributed by atoms with Crippen LogP contribution < -0.4 is 0 Å². The Labute approximate surface area is 93.7 Å². The average molecular weight is 273 g/mol. The van der Waals surface area contributed by atoms with Crippen molar-refractivity contribution in [2.24, 2.45) is 0 Å². The number of alkyl halides is 1. The van der Waals surface area contributed by atoms with Gasteiger partial charge in [0, 0.05) is 17.7 Å². The largest absolute Gasteiger partial charge is 0.301 e. The standard InChI is InChI=1S/C10H7BrF2N2/c11-5-7-3-8(12)10(9(13)4-7)15-2-1-14-6-15/h1-4,6H,5H2. The van der Waals surface area contributed by atoms with E-state index >= 15 is 0 Å². The lowest BCUT2D eigenvalue weighted by Gasteiger charge is -2.07. The summed E-state index contributed by atoms with van der Waals surface area (Å²) in [6.07, 6.45) is 4.32. The highest BCUT2D eigenvalue weighted by Crippen LogP contribution is 2.20. The Morgan fingerprint density at radius 3 is 2.40 bits per heavy atom. The van der Waals surface area contributed by atoms with E-state index in [0.29, 0.717) is 10.9 Å². The second kappa shape index (κ2) is 4.10. The van der Waals surface area contributed by atoms with Crippen LogP contribution in [-0.4, -0.2) is 9.55 Å². The quantitative estimate of drug-likeness (QED) is 0.769. The van der Waals surface area contributed by atoms with E-state index in [1.165, 1.54) is 35.4 Å². The average Bonchev–Trinajstić information content (AvgIpc) is 2.69. The molecule has 0 aliphatic carbocycles. The van der Waals surface area contributed by atoms with Crippen LogP contribution in [0.2, 0.25) is 0 Å². The smallest absolute Gasteiger partial charge is 0.150 e. The summed E-state index contributed by atoms with van der Waals surface area (Å²) in [6, 6.07) is 2.60. The summed E-state index contributed by atoms with van der Waals surface area (Å²) in [5.41, 5.74) is 0.464. The zero-order valence-electron chi connectivity index (χ0n) is 7.62. The topological polar surface area (TPSA) is 17.8 Å². The lowest BCUT2D eigenvalue weighted by atomic mass is 10.2. The van der Waals surface area contributed by atoms with Crippen LogP contribution in [0.15, 0.2) is 30.9 Å². The molecule has 0 radical (unpaired) electrons. The van der Waals surface area contributed by atoms with Crippen molar-refractivity contribution in [3.8, 4) is 5.69 Å². The first-order chi connectivity index (χ1) is 7.22. The van der Waals surface area contributed by atoms with E-state index < -0.39 is 11.6 Å². The SMILES string of the molecule is Fc1cc(CBr)cc(F)c1-n1ccnc1. The first kappa shape index (κ1) is 10.3. The third kappa shape index (κ3) is 1.92. The van der Waals surface area contributed by atoms with Crippen molar-refractivity contribution >= 4 is 15.9 Å². The van der Waals surface area contributed by atoms with Crippen LogP contribution in [0.1, 0.15) is 5.56 Å². The van der Waals surface area contributed by atoms with Gasteiger partial charge in [0.1, 0.15) is 5.69 Å². The van der Waals surface area contributed by atoms with Gasteiger partial charge >= 0.3 is 0 Å². The molecule has 2 nitrogen and oxygen atoms in total. The number of hydrogen-bond donors (Lipinski definition) is 0. The molecular weight excluding hydrogens is 266 g/mol. The van der Waals surface area contributed by atoms with E-state index in [1.54, 1.807) is 0 Å². The Morgan fingerprint density at radius 2 is 1.93 bits per heavy atom. The van der Waals surface area contributed by atoms with Crippen LogP contribution in [0.3, 0.4) is 0 Å². The molecule has 0 aliphatic heterocycles. The summed E-state index contributed by atoms with van der Waals surface area (Å²) in [5, 5.41) is 0.422. The highest BCUT2D eigenvalue weighted by molar-refractivity contribution is 9.08. The second-order valence-corrected chi connectivity index (χ2v) is 3.57. The maximum atomic E-state index is 13.6. The number of aromatic nitrogens is 2. The minimum atomic E-state index is -0.595. The molecule has 0 atom stereocenters. The predicted octanol–water partition coefficient (Wildman–Crippen LogP) is 3.05. The Balaban J connectivity index is 2.58. The fourth-order valence-electron chi connectivity index (χ4n) is 1.33. The molecule has 0 bridgehead atoms. The molecule has 0 N–H and O–H groups in total. The molecule has 2 rings (SSSR count). The van der Waals surface area contributed by atoms with Gasteiger partial charge in [0.25, 0.3) is 0 Å². The molecule has 1 heterocycles. The molecule has 0 unspecified atom stereocenters. The normalized spacial score (nSPS) is 10.6. The van der Waals surface area contributed by atoms with Crippen LogP contribution in [0.4, 0.5) is 8.78 Å². The second-order valence-electron chi connectivity index (χ2n) is 3.01. The first-order valence-corrected chi connectivity index (χ1v) is 5.36. The van der Waals surface area contributed by atoms with Gasteiger partial charge in [0.2, 0.25) is 0 Å². The number of imidazole rings is 1. The van der Waals surface area contributed by atoms with Gasteiger partial charge in [0.15, 0.2) is 11.6 Å². The van der Waals surface area contributed by atoms with Crippen molar-refractivity contribution in [2.75, 3.05) is 0 Å². The fraction of sp³-hybridized carbons (Fsp3) is 0.100. The van der Waals surface area contributed by atoms with Gasteiger partial charge in [-0.15, -0.1) is 0 Å². The third-order valence-corrected chi connectivity index (χ3v) is 2.64. The van der Waals surface area contributed by atoms with Crippen molar-refractivity contribution in [3.63, 3.8) is 0 Å². The summed E-state index contributed by atoms with van der Waals surface area (Å²) in [5.74, 6) is -1.19. The van der Waals surface area contributed by atoms with Gasteiger partial charge in [-0.25, -0.2) is 13.8 Å². The van der Waals surface area contributed by atoms with Crippen LogP contribution in [0, 0.1) is 11.6 Å². The van der Waals surface area contributed by atoms with Gasteiger partial charge in [0.05, 0.1) is 6.33 Å². The molecular formula is C10H7BrF2N2. The zero-order valence-corrected chi connectivity index (χ0v) is 9.21. The number of hydrogen-bond acceptors (Lipinski definition) is 1. The van der Waals surface area contributed by atoms with Crippen LogP contribution in [0.25, 0.3) is 5.69 Å². The Kier molecular flexibility index (Phi) is 2.81. The molecule has 15 heavy (non-hydrogen) atoms. The van der Waals surface area contributed by atoms with Crippen LogP contribution in [-0.2, 0) is 5.33 Å². The Bertz CT molecular complexity index is 445. The molecule has 2 aromatic rings. The van der Waals surface area contributed by atoms with Crippen molar-refractivity contribution in [1.82, 2.24) is 9.55 Å². The molecule has 78 valence electrons. The van der Waals surface area contributed by atoms with Gasteiger partial charge in [-0.3, -0.25) is 0 Å². The molecule has 0 spiro atoms. The summed E-state index contributed by atoms with van der Waals surface area (Å²) >= 11 is 3.15. The van der Waals surface area contributed by atoms with E-state index in [1.807, 2.05) is 0 Å². The molecule has 0 saturated carbocycles. The van der Waals surface area contributed by atoms with E-state index in [-0.39, 0.29) is 5.69 Å². The van der Waals surface area contributed by atoms with Gasteiger partial charge in [-0.05, 0) is 17.7 Å². The molecule has 0 saturated heterocycles. The molecule has 0 aliphatic rings. The number of benzene rings is 1. The predicted molar refractivity (Wildman–Crippen MR) is 56.1 cm³/mol. The van der Waals surface area contributed by atoms with Crippen LogP contribution >= 0.6 is 15.9 Å². The zero-order chi connectivity index (χ0) is 10.8. The third-order valence-electron chi connectivity index (χ3n) is 1.99. The number of rotatable bonds is 2. The highest BCUT2D eigenvalue weighted by Gasteiger charge is 2.12. The number of nitrogens with zero attached hydrogens (tertiary/aromatic N) is 2. The lowest BCUT2D eigenvalue weighted by molar-refractivity contribution is 0.567. The van der Waals surface area contributed by atoms with E-state index in [0.717, 1.165) is 0 Å². The fourth-order valence-corrected chi connectivity index (χ4v) is 1.66. The maximum absolute atomic E-state index is 13.6. The van der Waals surface area contributed by atoms with E-state index in [4.69, 9.17) is 0 Å². The van der Waals surface area contributed by atoms with Crippen molar-refractivity contribution in [3.05, 3.63) is 48.1 Å². The Morgan fingerprint density at radius 1 is 1.27 bits per heavy atom. The molecule has 0 fully saturated rings. The van der Waals surface area contributed by atoms with Crippen molar-refractivity contribution in [1.29, 1.82) is 0 Å². The molecule has 1 aromatic heterocycles. The van der Waals surface area contributed by atoms with E-state index in [9.17, 15) is 8.78 Å². The minimum Gasteiger partial charge on any atom is -0.301 e. The number of halogens is 3. The Hall–Kier alpha value is -1.23. The highest BCUT2D eigenvalue weighted by atomic mass is 79.9. The van der Waals surface area contributed by atoms with Gasteiger partial charge in [-0.2, -0.15) is 0 Å². The van der Waals surface area contributed by atoms with Crippen molar-refractivity contribution in [2.45, 2.75) is 5.33 Å². The first-order valence-electron chi connectivity index (χ1n) is 4.24. The summed E-state index contributed by atoms with van der Waals surface area (Å²) < 4.78 is 28.4. The molecule has 0 amide bonds. The lowest BCUT2D eigenvalue weighted by Crippen LogP contribution is -2.00. The van der Waals surface area contributed by atoms with Gasteiger partial charge < -0.3 is 4.57 Å². The monoisotopic (exact) mass is 272 g/mol. The summed E-state index contributed by atoms with van der Waals surface area (Å²) in [7, 11) is 0. The molecule has 5 heteroatoms. The van der Waals surface area contributed by atoms with Crippen LogP contribution in [0.5, 0.6) is 0 Å². The summed E-state index contributed by atoms with van der Waals surface area (Å²) in [6.45, 7) is 0. The summed E-state index contributed by atoms with van der Waals surface area (Å²) in [4.78, 5) is 3.74. The van der Waals surface area contributed by atoms with Crippen molar-refractivity contribution < 1.29 is 8.78 Å². The maximum Gasteiger partial charge on any atom is 0.150 e. The van der Waals surface area contributed by atoms with E-state index in [2.05, 4.69) is 20.9 Å². The van der Waals surface area contributed by atoms with Gasteiger partial charge in [-0.1, -0.05) is 15.9 Å². The molecule has 1 aromatic carbocycles.